The fourth-order valence-corrected chi connectivity index (χ4v) is 2.94. The Morgan fingerprint density at radius 3 is 2.33 bits per heavy atom. The average molecular weight is 476 g/mol. The number of nitrogens with one attached hydrogen (secondary N) is 3. The average Bonchev–Trinajstić information content (AvgIpc) is 2.74. The Bertz CT molecular complexity index is 971. The summed E-state index contributed by atoms with van der Waals surface area (Å²) in [5.41, 5.74) is 6.30. The van der Waals surface area contributed by atoms with Crippen LogP contribution in [0.5, 0.6) is 5.75 Å². The van der Waals surface area contributed by atoms with Crippen molar-refractivity contribution in [1.82, 2.24) is 16.2 Å². The number of hydrogen-bond acceptors (Lipinski definition) is 5. The summed E-state index contributed by atoms with van der Waals surface area (Å²) >= 11 is 5.91. The molecule has 0 atom stereocenters. The molecule has 178 valence electrons. The first-order valence-electron chi connectivity index (χ1n) is 10.6. The molecule has 0 saturated heterocycles. The van der Waals surface area contributed by atoms with Gasteiger partial charge in [0.1, 0.15) is 11.4 Å². The number of aryl methyl sites for hydroxylation is 1. The van der Waals surface area contributed by atoms with Crippen molar-refractivity contribution >= 4 is 29.5 Å². The van der Waals surface area contributed by atoms with Crippen LogP contribution in [0.4, 0.5) is 4.79 Å². The van der Waals surface area contributed by atoms with Gasteiger partial charge in [0.15, 0.2) is 0 Å². The molecule has 33 heavy (non-hydrogen) atoms. The molecule has 0 aliphatic rings. The molecule has 0 fully saturated rings. The number of hydrazine groups is 1. The van der Waals surface area contributed by atoms with Crippen LogP contribution in [0.2, 0.25) is 5.02 Å². The predicted molar refractivity (Wildman–Crippen MR) is 126 cm³/mol. The van der Waals surface area contributed by atoms with E-state index in [1.807, 2.05) is 13.0 Å². The molecular formula is C24H30ClN3O5. The summed E-state index contributed by atoms with van der Waals surface area (Å²) in [5, 5.41) is 3.29. The summed E-state index contributed by atoms with van der Waals surface area (Å²) in [6.45, 7) is 7.89. The van der Waals surface area contributed by atoms with E-state index in [-0.39, 0.29) is 18.9 Å². The summed E-state index contributed by atoms with van der Waals surface area (Å²) in [4.78, 5) is 35.9. The number of amides is 3. The zero-order chi connectivity index (χ0) is 24.4. The molecule has 9 heteroatoms. The molecule has 3 N–H and O–H groups in total. The molecule has 0 aliphatic heterocycles. The second-order valence-corrected chi connectivity index (χ2v) is 8.85. The lowest BCUT2D eigenvalue weighted by Gasteiger charge is -2.19. The van der Waals surface area contributed by atoms with E-state index in [0.717, 1.165) is 16.9 Å². The van der Waals surface area contributed by atoms with Gasteiger partial charge in [-0.15, -0.1) is 0 Å². The molecule has 0 saturated carbocycles. The van der Waals surface area contributed by atoms with Crippen molar-refractivity contribution in [2.24, 2.45) is 0 Å². The number of carbonyl (C=O) groups excluding carboxylic acids is 3. The van der Waals surface area contributed by atoms with Gasteiger partial charge in [0, 0.05) is 23.6 Å². The summed E-state index contributed by atoms with van der Waals surface area (Å²) < 4.78 is 10.8. The van der Waals surface area contributed by atoms with Crippen LogP contribution in [0.1, 0.15) is 55.1 Å². The van der Waals surface area contributed by atoms with Crippen LogP contribution in [-0.4, -0.2) is 30.1 Å². The van der Waals surface area contributed by atoms with Crippen molar-refractivity contribution in [2.75, 3.05) is 6.61 Å². The maximum absolute atomic E-state index is 12.2. The summed E-state index contributed by atoms with van der Waals surface area (Å²) in [7, 11) is 0. The molecule has 0 radical (unpaired) electrons. The van der Waals surface area contributed by atoms with Gasteiger partial charge in [-0.05, 0) is 75.6 Å². The standard InChI is InChI=1S/C24H30ClN3O5/c1-16-14-19(25)11-12-20(16)32-13-5-6-21(29)27-28-22(30)18-9-7-17(8-10-18)15-26-23(31)33-24(2,3)4/h7-12,14H,5-6,13,15H2,1-4H3,(H,26,31)(H,27,29)(H,28,30). The molecule has 0 bridgehead atoms. The highest BCUT2D eigenvalue weighted by atomic mass is 35.5. The second kappa shape index (κ2) is 12.1. The first kappa shape index (κ1) is 26.0. The van der Waals surface area contributed by atoms with Gasteiger partial charge in [-0.3, -0.25) is 20.4 Å². The third-order valence-electron chi connectivity index (χ3n) is 4.31. The van der Waals surface area contributed by atoms with E-state index in [4.69, 9.17) is 21.1 Å². The van der Waals surface area contributed by atoms with Crippen LogP contribution in [0, 0.1) is 6.92 Å². The van der Waals surface area contributed by atoms with Gasteiger partial charge in [0.2, 0.25) is 5.91 Å². The Morgan fingerprint density at radius 1 is 1.00 bits per heavy atom. The van der Waals surface area contributed by atoms with Crippen molar-refractivity contribution < 1.29 is 23.9 Å². The first-order valence-corrected chi connectivity index (χ1v) is 11.0. The number of benzene rings is 2. The monoisotopic (exact) mass is 475 g/mol. The lowest BCUT2D eigenvalue weighted by molar-refractivity contribution is -0.122. The fraction of sp³-hybridized carbons (Fsp3) is 0.375. The van der Waals surface area contributed by atoms with Crippen LogP contribution in [0.25, 0.3) is 0 Å². The van der Waals surface area contributed by atoms with Crippen LogP contribution in [0.3, 0.4) is 0 Å². The molecule has 0 aliphatic carbocycles. The topological polar surface area (TPSA) is 106 Å². The second-order valence-electron chi connectivity index (χ2n) is 8.42. The van der Waals surface area contributed by atoms with Crippen LogP contribution >= 0.6 is 11.6 Å². The Kier molecular flexibility index (Phi) is 9.54. The van der Waals surface area contributed by atoms with Gasteiger partial charge in [0.05, 0.1) is 6.61 Å². The van der Waals surface area contributed by atoms with Gasteiger partial charge >= 0.3 is 6.09 Å². The normalized spacial score (nSPS) is 10.8. The van der Waals surface area contributed by atoms with Crippen molar-refractivity contribution in [2.45, 2.75) is 52.7 Å². The van der Waals surface area contributed by atoms with Crippen LogP contribution < -0.4 is 20.9 Å². The molecule has 2 rings (SSSR count). The fourth-order valence-electron chi connectivity index (χ4n) is 2.71. The zero-order valence-electron chi connectivity index (χ0n) is 19.3. The molecular weight excluding hydrogens is 446 g/mol. The summed E-state index contributed by atoms with van der Waals surface area (Å²) in [6, 6.07) is 12.0. The highest BCUT2D eigenvalue weighted by Gasteiger charge is 2.15. The largest absolute Gasteiger partial charge is 0.493 e. The number of halogens is 1. The van der Waals surface area contributed by atoms with Crippen LogP contribution in [-0.2, 0) is 16.1 Å². The zero-order valence-corrected chi connectivity index (χ0v) is 20.0. The maximum atomic E-state index is 12.2. The highest BCUT2D eigenvalue weighted by molar-refractivity contribution is 6.30. The first-order chi connectivity index (χ1) is 15.5. The van der Waals surface area contributed by atoms with Gasteiger partial charge in [-0.25, -0.2) is 4.79 Å². The number of carbonyl (C=O) groups is 3. The summed E-state index contributed by atoms with van der Waals surface area (Å²) in [6.07, 6.45) is 0.173. The lowest BCUT2D eigenvalue weighted by atomic mass is 10.1. The minimum atomic E-state index is -0.570. The van der Waals surface area contributed by atoms with Gasteiger partial charge < -0.3 is 14.8 Å². The molecule has 0 unspecified atom stereocenters. The minimum Gasteiger partial charge on any atom is -0.493 e. The molecule has 8 nitrogen and oxygen atoms in total. The van der Waals surface area contributed by atoms with Crippen molar-refractivity contribution in [3.8, 4) is 5.75 Å². The third-order valence-corrected chi connectivity index (χ3v) is 4.55. The Hall–Kier alpha value is -3.26. The number of rotatable bonds is 8. The Morgan fingerprint density at radius 2 is 1.70 bits per heavy atom. The SMILES string of the molecule is Cc1cc(Cl)ccc1OCCCC(=O)NNC(=O)c1ccc(CNC(=O)OC(C)(C)C)cc1. The smallest absolute Gasteiger partial charge is 0.407 e. The molecule has 2 aromatic rings. The number of alkyl carbamates (subject to hydrolysis) is 1. The maximum Gasteiger partial charge on any atom is 0.407 e. The molecule has 3 amide bonds. The van der Waals surface area contributed by atoms with Gasteiger partial charge in [-0.1, -0.05) is 23.7 Å². The van der Waals surface area contributed by atoms with Crippen molar-refractivity contribution in [3.05, 3.63) is 64.2 Å². The van der Waals surface area contributed by atoms with Gasteiger partial charge in [-0.2, -0.15) is 0 Å². The van der Waals surface area contributed by atoms with E-state index in [0.29, 0.717) is 23.6 Å². The molecule has 0 heterocycles. The highest BCUT2D eigenvalue weighted by Crippen LogP contribution is 2.21. The van der Waals surface area contributed by atoms with Crippen molar-refractivity contribution in [1.29, 1.82) is 0 Å². The predicted octanol–water partition coefficient (Wildman–Crippen LogP) is 4.29. The van der Waals surface area contributed by atoms with E-state index in [1.165, 1.54) is 0 Å². The van der Waals surface area contributed by atoms with Gasteiger partial charge in [0.25, 0.3) is 5.91 Å². The Labute approximate surface area is 199 Å². The quantitative estimate of drug-likeness (QED) is 0.390. The van der Waals surface area contributed by atoms with Crippen molar-refractivity contribution in [3.63, 3.8) is 0 Å². The molecule has 2 aromatic carbocycles. The minimum absolute atomic E-state index is 0.197. The van der Waals surface area contributed by atoms with E-state index in [9.17, 15) is 14.4 Å². The molecule has 0 spiro atoms. The van der Waals surface area contributed by atoms with E-state index in [2.05, 4.69) is 16.2 Å². The van der Waals surface area contributed by atoms with E-state index < -0.39 is 17.6 Å². The van der Waals surface area contributed by atoms with E-state index in [1.54, 1.807) is 57.2 Å². The Balaban J connectivity index is 1.67. The number of ether oxygens (including phenoxy) is 2. The number of hydrogen-bond donors (Lipinski definition) is 3. The van der Waals surface area contributed by atoms with E-state index >= 15 is 0 Å². The van der Waals surface area contributed by atoms with Crippen LogP contribution in [0.15, 0.2) is 42.5 Å². The molecule has 0 aromatic heterocycles. The summed E-state index contributed by atoms with van der Waals surface area (Å²) in [5.74, 6) is -0.0427. The third kappa shape index (κ3) is 9.82. The lowest BCUT2D eigenvalue weighted by Crippen LogP contribution is -2.41.